The van der Waals surface area contributed by atoms with Crippen molar-refractivity contribution in [2.45, 2.75) is 62.2 Å². The van der Waals surface area contributed by atoms with Gasteiger partial charge in [0.15, 0.2) is 0 Å². The van der Waals surface area contributed by atoms with Gasteiger partial charge in [0, 0.05) is 11.6 Å². The number of carboxylic acids is 1. The molecule has 0 radical (unpaired) electrons. The largest absolute Gasteiger partial charge is 0.480 e. The highest BCUT2D eigenvalue weighted by molar-refractivity contribution is 6.08. The van der Waals surface area contributed by atoms with Crippen molar-refractivity contribution in [3.05, 3.63) is 29.8 Å². The van der Waals surface area contributed by atoms with Crippen molar-refractivity contribution in [1.82, 2.24) is 4.90 Å². The average Bonchev–Trinajstić information content (AvgIpc) is 3.16. The van der Waals surface area contributed by atoms with Crippen LogP contribution in [-0.2, 0) is 4.79 Å². The molecule has 5 heteroatoms. The van der Waals surface area contributed by atoms with E-state index >= 15 is 0 Å². The maximum absolute atomic E-state index is 11.9. The molecular formula is C18H21N3O2. The molecule has 1 saturated carbocycles. The van der Waals surface area contributed by atoms with Crippen molar-refractivity contribution >= 4 is 17.5 Å². The lowest BCUT2D eigenvalue weighted by Gasteiger charge is -2.41. The molecule has 3 atom stereocenters. The second-order valence-corrected chi connectivity index (χ2v) is 7.39. The molecule has 23 heavy (non-hydrogen) atoms. The Hall–Kier alpha value is -1.88. The minimum Gasteiger partial charge on any atom is -0.480 e. The van der Waals surface area contributed by atoms with Crippen LogP contribution in [0.25, 0.3) is 0 Å². The zero-order chi connectivity index (χ0) is 15.8. The van der Waals surface area contributed by atoms with E-state index in [0.29, 0.717) is 12.3 Å². The lowest BCUT2D eigenvalue weighted by atomic mass is 9.79. The molecule has 0 aromatic heterocycles. The number of hydrogen-bond acceptors (Lipinski definition) is 3. The smallest absolute Gasteiger partial charge is 0.321 e. The highest BCUT2D eigenvalue weighted by atomic mass is 16.4. The fourth-order valence-corrected chi connectivity index (χ4v) is 5.61. The Morgan fingerprint density at radius 3 is 2.70 bits per heavy atom. The molecule has 0 amide bonds. The van der Waals surface area contributed by atoms with E-state index < -0.39 is 12.0 Å². The van der Waals surface area contributed by atoms with Crippen LogP contribution < -0.4 is 4.90 Å². The van der Waals surface area contributed by atoms with Crippen molar-refractivity contribution < 1.29 is 9.90 Å². The SMILES string of the molecule is N=C1N2c3ccccc3[C@@H]3C[C@@H](C(=O)O)N([C@@H]32)C12CCCCC2. The molecule has 1 aromatic rings. The number of hydrogen-bond donors (Lipinski definition) is 2. The first-order valence-electron chi connectivity index (χ1n) is 8.63. The van der Waals surface area contributed by atoms with Crippen LogP contribution in [0.15, 0.2) is 24.3 Å². The number of anilines is 1. The van der Waals surface area contributed by atoms with Gasteiger partial charge in [0.1, 0.15) is 11.9 Å². The third-order valence-electron chi connectivity index (χ3n) is 6.46. The van der Waals surface area contributed by atoms with Gasteiger partial charge in [0.05, 0.1) is 11.7 Å². The fourth-order valence-electron chi connectivity index (χ4n) is 5.61. The Bertz CT molecular complexity index is 710. The molecule has 3 aliphatic heterocycles. The van der Waals surface area contributed by atoms with E-state index in [2.05, 4.69) is 21.9 Å². The predicted molar refractivity (Wildman–Crippen MR) is 86.9 cm³/mol. The molecule has 120 valence electrons. The van der Waals surface area contributed by atoms with E-state index in [4.69, 9.17) is 5.41 Å². The lowest BCUT2D eigenvalue weighted by Crippen LogP contribution is -2.55. The van der Waals surface area contributed by atoms with Gasteiger partial charge < -0.3 is 10.0 Å². The Kier molecular flexibility index (Phi) is 2.56. The minimum atomic E-state index is -0.725. The van der Waals surface area contributed by atoms with Gasteiger partial charge in [-0.2, -0.15) is 0 Å². The predicted octanol–water partition coefficient (Wildman–Crippen LogP) is 2.77. The Balaban J connectivity index is 1.70. The van der Waals surface area contributed by atoms with Gasteiger partial charge in [0.25, 0.3) is 0 Å². The number of amidine groups is 1. The number of fused-ring (bicyclic) bond motifs is 4. The van der Waals surface area contributed by atoms with Gasteiger partial charge >= 0.3 is 5.97 Å². The summed E-state index contributed by atoms with van der Waals surface area (Å²) in [7, 11) is 0. The van der Waals surface area contributed by atoms with Gasteiger partial charge in [-0.25, -0.2) is 0 Å². The van der Waals surface area contributed by atoms with Gasteiger partial charge in [-0.1, -0.05) is 37.5 Å². The monoisotopic (exact) mass is 311 g/mol. The third kappa shape index (κ3) is 1.47. The van der Waals surface area contributed by atoms with Crippen LogP contribution in [-0.4, -0.2) is 39.6 Å². The standard InChI is InChI=1S/C18H21N3O2/c19-17-18(8-4-1-5-9-18)21-14(16(22)23)10-12-11-6-2-3-7-13(11)20(17)15(12)21/h2-3,6-7,12,14-15,19H,1,4-5,8-10H2,(H,22,23)/t12-,14-,15-/m0/s1. The van der Waals surface area contributed by atoms with Crippen molar-refractivity contribution in [3.63, 3.8) is 0 Å². The first-order valence-corrected chi connectivity index (χ1v) is 8.63. The van der Waals surface area contributed by atoms with E-state index in [0.717, 1.165) is 31.4 Å². The Morgan fingerprint density at radius 1 is 1.22 bits per heavy atom. The van der Waals surface area contributed by atoms with Crippen LogP contribution in [0.4, 0.5) is 5.69 Å². The second-order valence-electron chi connectivity index (χ2n) is 7.39. The molecule has 2 N–H and O–H groups in total. The summed E-state index contributed by atoms with van der Waals surface area (Å²) < 4.78 is 0. The zero-order valence-corrected chi connectivity index (χ0v) is 13.0. The van der Waals surface area contributed by atoms with E-state index in [1.54, 1.807) is 0 Å². The van der Waals surface area contributed by atoms with Crippen LogP contribution >= 0.6 is 0 Å². The summed E-state index contributed by atoms with van der Waals surface area (Å²) >= 11 is 0. The maximum atomic E-state index is 11.9. The summed E-state index contributed by atoms with van der Waals surface area (Å²) in [5.41, 5.74) is 2.00. The first kappa shape index (κ1) is 13.5. The zero-order valence-electron chi connectivity index (χ0n) is 13.0. The van der Waals surface area contributed by atoms with E-state index in [-0.39, 0.29) is 17.6 Å². The normalized spacial score (nSPS) is 34.0. The fraction of sp³-hybridized carbons (Fsp3) is 0.556. The highest BCUT2D eigenvalue weighted by Gasteiger charge is 2.67. The molecule has 1 aromatic carbocycles. The Labute approximate surface area is 135 Å². The van der Waals surface area contributed by atoms with Crippen LogP contribution in [0, 0.1) is 5.41 Å². The third-order valence-corrected chi connectivity index (χ3v) is 6.46. The van der Waals surface area contributed by atoms with Gasteiger partial charge in [0.2, 0.25) is 0 Å². The van der Waals surface area contributed by atoms with Crippen LogP contribution in [0.1, 0.15) is 50.0 Å². The Morgan fingerprint density at radius 2 is 1.96 bits per heavy atom. The lowest BCUT2D eigenvalue weighted by molar-refractivity contribution is -0.144. The molecule has 0 bridgehead atoms. The van der Waals surface area contributed by atoms with Gasteiger partial charge in [-0.3, -0.25) is 15.1 Å². The number of carboxylic acid groups (broad SMARTS) is 1. The number of nitrogens with zero attached hydrogens (tertiary/aromatic N) is 2. The quantitative estimate of drug-likeness (QED) is 0.837. The summed E-state index contributed by atoms with van der Waals surface area (Å²) in [6, 6.07) is 7.80. The van der Waals surface area contributed by atoms with Crippen LogP contribution in [0.2, 0.25) is 0 Å². The second kappa shape index (κ2) is 4.35. The van der Waals surface area contributed by atoms with Crippen molar-refractivity contribution in [3.8, 4) is 0 Å². The highest BCUT2D eigenvalue weighted by Crippen LogP contribution is 2.59. The molecule has 5 rings (SSSR count). The summed E-state index contributed by atoms with van der Waals surface area (Å²) in [5.74, 6) is 0.133. The van der Waals surface area contributed by atoms with Gasteiger partial charge in [-0.15, -0.1) is 0 Å². The molecule has 1 aliphatic carbocycles. The molecule has 0 unspecified atom stereocenters. The number of carbonyl (C=O) groups is 1. The first-order chi connectivity index (χ1) is 11.1. The maximum Gasteiger partial charge on any atom is 0.321 e. The van der Waals surface area contributed by atoms with E-state index in [9.17, 15) is 9.90 Å². The van der Waals surface area contributed by atoms with Crippen LogP contribution in [0.3, 0.4) is 0 Å². The molecule has 3 heterocycles. The molecule has 5 nitrogen and oxygen atoms in total. The molecule has 1 spiro atoms. The topological polar surface area (TPSA) is 67.6 Å². The average molecular weight is 311 g/mol. The summed E-state index contributed by atoms with van der Waals surface area (Å²) in [6.07, 6.45) is 5.96. The van der Waals surface area contributed by atoms with Crippen molar-refractivity contribution in [1.29, 1.82) is 5.41 Å². The van der Waals surface area contributed by atoms with E-state index in [1.807, 2.05) is 12.1 Å². The summed E-state index contributed by atoms with van der Waals surface area (Å²) in [6.45, 7) is 0. The summed E-state index contributed by atoms with van der Waals surface area (Å²) in [4.78, 5) is 16.3. The number of rotatable bonds is 1. The minimum absolute atomic E-state index is 0.0408. The number of para-hydroxylation sites is 1. The molecule has 2 saturated heterocycles. The van der Waals surface area contributed by atoms with E-state index in [1.165, 1.54) is 12.0 Å². The van der Waals surface area contributed by atoms with Crippen LogP contribution in [0.5, 0.6) is 0 Å². The van der Waals surface area contributed by atoms with Gasteiger partial charge in [-0.05, 0) is 30.9 Å². The number of benzene rings is 1. The van der Waals surface area contributed by atoms with Crippen molar-refractivity contribution in [2.24, 2.45) is 0 Å². The molecular weight excluding hydrogens is 290 g/mol. The number of nitrogens with one attached hydrogen (secondary N) is 1. The molecule has 3 fully saturated rings. The summed E-state index contributed by atoms with van der Waals surface area (Å²) in [5, 5.41) is 18.7. The molecule has 4 aliphatic rings. The van der Waals surface area contributed by atoms with Crippen molar-refractivity contribution in [2.75, 3.05) is 4.90 Å². The number of aliphatic carboxylic acids is 1.